The second-order valence-corrected chi connectivity index (χ2v) is 4.92. The Morgan fingerprint density at radius 3 is 2.70 bits per heavy atom. The molecule has 0 atom stereocenters. The normalized spacial score (nSPS) is 10.4. The number of likely N-dealkylation sites (N-methyl/N-ethyl adjacent to an activating group) is 1. The number of rotatable bonds is 6. The minimum Gasteiger partial charge on any atom is -0.360 e. The van der Waals surface area contributed by atoms with Crippen LogP contribution >= 0.6 is 0 Å². The van der Waals surface area contributed by atoms with Crippen molar-refractivity contribution in [2.45, 2.75) is 13.8 Å². The number of nitrogens with one attached hydrogen (secondary N) is 1. The molecule has 0 aliphatic heterocycles. The minimum atomic E-state index is -0.915. The lowest BCUT2D eigenvalue weighted by Crippen LogP contribution is -2.37. The zero-order chi connectivity index (χ0) is 15.3. The molecule has 0 heterocycles. The number of carbonyl (C=O) groups excluding carboxylic acids is 1. The standard InChI is InChI=1S/C13H18FN3O3/c1-9(2)7-15-12(18)8-16(3)11-6-4-5-10(14)13(11)17(19)20/h4-6,9H,7-8H2,1-3H3,(H,15,18). The van der Waals surface area contributed by atoms with Gasteiger partial charge in [0.25, 0.3) is 0 Å². The van der Waals surface area contributed by atoms with Crippen molar-refractivity contribution < 1.29 is 14.1 Å². The molecular weight excluding hydrogens is 265 g/mol. The molecule has 0 saturated carbocycles. The maximum absolute atomic E-state index is 13.5. The van der Waals surface area contributed by atoms with Gasteiger partial charge in [0.15, 0.2) is 0 Å². The fourth-order valence-corrected chi connectivity index (χ4v) is 1.67. The van der Waals surface area contributed by atoms with Gasteiger partial charge in [0.2, 0.25) is 11.7 Å². The van der Waals surface area contributed by atoms with Crippen LogP contribution in [0.3, 0.4) is 0 Å². The fraction of sp³-hybridized carbons (Fsp3) is 0.462. The van der Waals surface area contributed by atoms with E-state index in [2.05, 4.69) is 5.32 Å². The summed E-state index contributed by atoms with van der Waals surface area (Å²) < 4.78 is 13.5. The number of nitro benzene ring substituents is 1. The van der Waals surface area contributed by atoms with Gasteiger partial charge in [-0.25, -0.2) is 0 Å². The maximum Gasteiger partial charge on any atom is 0.327 e. The Labute approximate surface area is 116 Å². The van der Waals surface area contributed by atoms with Crippen LogP contribution in [0.1, 0.15) is 13.8 Å². The van der Waals surface area contributed by atoms with E-state index in [4.69, 9.17) is 0 Å². The van der Waals surface area contributed by atoms with Crippen LogP contribution in [0.5, 0.6) is 0 Å². The molecule has 1 aromatic carbocycles. The van der Waals surface area contributed by atoms with Gasteiger partial charge in [-0.1, -0.05) is 19.9 Å². The number of carbonyl (C=O) groups is 1. The molecule has 110 valence electrons. The van der Waals surface area contributed by atoms with E-state index in [0.717, 1.165) is 6.07 Å². The van der Waals surface area contributed by atoms with Crippen molar-refractivity contribution >= 4 is 17.3 Å². The Hall–Kier alpha value is -2.18. The third-order valence-electron chi connectivity index (χ3n) is 2.65. The van der Waals surface area contributed by atoms with Gasteiger partial charge in [0.1, 0.15) is 5.69 Å². The van der Waals surface area contributed by atoms with E-state index in [-0.39, 0.29) is 18.1 Å². The number of hydrogen-bond donors (Lipinski definition) is 1. The molecular formula is C13H18FN3O3. The smallest absolute Gasteiger partial charge is 0.327 e. The summed E-state index contributed by atoms with van der Waals surface area (Å²) in [5, 5.41) is 13.6. The molecule has 20 heavy (non-hydrogen) atoms. The van der Waals surface area contributed by atoms with Crippen LogP contribution in [0, 0.1) is 21.8 Å². The fourth-order valence-electron chi connectivity index (χ4n) is 1.67. The SMILES string of the molecule is CC(C)CNC(=O)CN(C)c1cccc(F)c1[N+](=O)[O-]. The number of hydrogen-bond acceptors (Lipinski definition) is 4. The average Bonchev–Trinajstić information content (AvgIpc) is 2.35. The van der Waals surface area contributed by atoms with Gasteiger partial charge in [-0.3, -0.25) is 14.9 Å². The van der Waals surface area contributed by atoms with Gasteiger partial charge in [0.05, 0.1) is 11.5 Å². The first kappa shape index (κ1) is 15.9. The van der Waals surface area contributed by atoms with Crippen LogP contribution in [0.2, 0.25) is 0 Å². The zero-order valence-electron chi connectivity index (χ0n) is 11.7. The Morgan fingerprint density at radius 2 is 2.15 bits per heavy atom. The molecule has 0 spiro atoms. The first-order valence-electron chi connectivity index (χ1n) is 6.23. The molecule has 0 fully saturated rings. The third kappa shape index (κ3) is 4.18. The Balaban J connectivity index is 2.82. The van der Waals surface area contributed by atoms with E-state index < -0.39 is 16.4 Å². The van der Waals surface area contributed by atoms with Crippen LogP contribution in [0.25, 0.3) is 0 Å². The Kier molecular flexibility index (Phi) is 5.42. The highest BCUT2D eigenvalue weighted by molar-refractivity contribution is 5.82. The number of para-hydroxylation sites is 1. The van der Waals surface area contributed by atoms with Crippen molar-refractivity contribution in [3.05, 3.63) is 34.1 Å². The topological polar surface area (TPSA) is 75.5 Å². The summed E-state index contributed by atoms with van der Waals surface area (Å²) in [6.45, 7) is 4.37. The van der Waals surface area contributed by atoms with E-state index in [9.17, 15) is 19.3 Å². The number of benzene rings is 1. The zero-order valence-corrected chi connectivity index (χ0v) is 11.7. The van der Waals surface area contributed by atoms with E-state index in [0.29, 0.717) is 12.5 Å². The number of amides is 1. The van der Waals surface area contributed by atoms with E-state index in [1.54, 1.807) is 0 Å². The first-order chi connectivity index (χ1) is 9.32. The second-order valence-electron chi connectivity index (χ2n) is 4.92. The largest absolute Gasteiger partial charge is 0.360 e. The van der Waals surface area contributed by atoms with Crippen LogP contribution in [-0.4, -0.2) is 31.0 Å². The van der Waals surface area contributed by atoms with Crippen molar-refractivity contribution in [3.63, 3.8) is 0 Å². The van der Waals surface area contributed by atoms with Crippen LogP contribution in [0.4, 0.5) is 15.8 Å². The summed E-state index contributed by atoms with van der Waals surface area (Å²) in [4.78, 5) is 23.1. The number of halogens is 1. The van der Waals surface area contributed by atoms with Gasteiger partial charge in [-0.05, 0) is 18.1 Å². The summed E-state index contributed by atoms with van der Waals surface area (Å²) >= 11 is 0. The Morgan fingerprint density at radius 1 is 1.50 bits per heavy atom. The molecule has 0 saturated heterocycles. The summed E-state index contributed by atoms with van der Waals surface area (Å²) in [5.74, 6) is -0.866. The molecule has 0 bridgehead atoms. The van der Waals surface area contributed by atoms with Crippen LogP contribution in [0.15, 0.2) is 18.2 Å². The molecule has 1 aromatic rings. The molecule has 0 unspecified atom stereocenters. The molecule has 7 heteroatoms. The highest BCUT2D eigenvalue weighted by Gasteiger charge is 2.23. The van der Waals surface area contributed by atoms with Gasteiger partial charge >= 0.3 is 5.69 Å². The summed E-state index contributed by atoms with van der Waals surface area (Å²) in [6.07, 6.45) is 0. The lowest BCUT2D eigenvalue weighted by Gasteiger charge is -2.19. The molecule has 1 amide bonds. The van der Waals surface area contributed by atoms with E-state index in [1.807, 2.05) is 13.8 Å². The van der Waals surface area contributed by atoms with Crippen LogP contribution in [-0.2, 0) is 4.79 Å². The summed E-state index contributed by atoms with van der Waals surface area (Å²) in [6, 6.07) is 3.81. The summed E-state index contributed by atoms with van der Waals surface area (Å²) in [7, 11) is 1.51. The van der Waals surface area contributed by atoms with Gasteiger partial charge in [-0.15, -0.1) is 0 Å². The molecule has 0 aliphatic rings. The highest BCUT2D eigenvalue weighted by Crippen LogP contribution is 2.29. The molecule has 0 radical (unpaired) electrons. The van der Waals surface area contributed by atoms with Crippen molar-refractivity contribution in [2.24, 2.45) is 5.92 Å². The summed E-state index contributed by atoms with van der Waals surface area (Å²) in [5.41, 5.74) is -0.540. The minimum absolute atomic E-state index is 0.0724. The molecule has 1 N–H and O–H groups in total. The molecule has 1 rings (SSSR count). The number of nitrogens with zero attached hydrogens (tertiary/aromatic N) is 2. The molecule has 0 aliphatic carbocycles. The van der Waals surface area contributed by atoms with E-state index >= 15 is 0 Å². The van der Waals surface area contributed by atoms with Gasteiger partial charge < -0.3 is 10.2 Å². The number of nitro groups is 1. The molecule has 6 nitrogen and oxygen atoms in total. The lowest BCUT2D eigenvalue weighted by molar-refractivity contribution is -0.386. The van der Waals surface area contributed by atoms with Crippen LogP contribution < -0.4 is 10.2 Å². The van der Waals surface area contributed by atoms with Crippen molar-refractivity contribution in [1.29, 1.82) is 0 Å². The monoisotopic (exact) mass is 283 g/mol. The van der Waals surface area contributed by atoms with Gasteiger partial charge in [-0.2, -0.15) is 4.39 Å². The lowest BCUT2D eigenvalue weighted by atomic mass is 10.2. The molecule has 0 aromatic heterocycles. The first-order valence-corrected chi connectivity index (χ1v) is 6.23. The quantitative estimate of drug-likeness (QED) is 0.639. The predicted octanol–water partition coefficient (Wildman–Crippen LogP) is 1.94. The predicted molar refractivity (Wildman–Crippen MR) is 74.2 cm³/mol. The maximum atomic E-state index is 13.5. The van der Waals surface area contributed by atoms with E-state index in [1.165, 1.54) is 24.1 Å². The number of anilines is 1. The van der Waals surface area contributed by atoms with Gasteiger partial charge in [0, 0.05) is 13.6 Å². The third-order valence-corrected chi connectivity index (χ3v) is 2.65. The Bertz CT molecular complexity index is 506. The average molecular weight is 283 g/mol. The van der Waals surface area contributed by atoms with Crippen molar-refractivity contribution in [1.82, 2.24) is 5.32 Å². The highest BCUT2D eigenvalue weighted by atomic mass is 19.1. The second kappa shape index (κ2) is 6.83. The van der Waals surface area contributed by atoms with Crippen molar-refractivity contribution in [2.75, 3.05) is 25.0 Å². The van der Waals surface area contributed by atoms with Crippen molar-refractivity contribution in [3.8, 4) is 0 Å².